The monoisotopic (exact) mass is 483 g/mol. The summed E-state index contributed by atoms with van der Waals surface area (Å²) in [5.74, 6) is 0.826. The molecule has 0 aliphatic carbocycles. The van der Waals surface area contributed by atoms with Gasteiger partial charge in [0.2, 0.25) is 0 Å². The average molecular weight is 484 g/mol. The van der Waals surface area contributed by atoms with Gasteiger partial charge < -0.3 is 19.7 Å². The Hall–Kier alpha value is -3.32. The van der Waals surface area contributed by atoms with Crippen LogP contribution < -0.4 is 5.32 Å². The fourth-order valence-electron chi connectivity index (χ4n) is 3.76. The van der Waals surface area contributed by atoms with Gasteiger partial charge in [0.1, 0.15) is 11.5 Å². The van der Waals surface area contributed by atoms with Gasteiger partial charge in [0.25, 0.3) is 5.91 Å². The summed E-state index contributed by atoms with van der Waals surface area (Å²) in [5, 5.41) is 13.0. The standard InChI is InChI=1S/C26H30ClN3O4/c1-16(2)11-23(22-13-24(34-17(22)3)19-12-20(27)15-28-14-19)29-21-7-5-18(6-8-21)26(33)30(4)10-9-25(31)32/h5-8,12-16,23,29H,9-11H2,1-4H3,(H,31,32). The molecule has 3 rings (SSSR count). The highest BCUT2D eigenvalue weighted by Crippen LogP contribution is 2.34. The Morgan fingerprint density at radius 1 is 1.18 bits per heavy atom. The number of furan rings is 1. The van der Waals surface area contributed by atoms with Crippen molar-refractivity contribution in [3.63, 3.8) is 0 Å². The molecule has 1 amide bonds. The number of hydrogen-bond acceptors (Lipinski definition) is 5. The maximum Gasteiger partial charge on any atom is 0.305 e. The molecule has 1 atom stereocenters. The number of halogens is 1. The Morgan fingerprint density at radius 3 is 2.50 bits per heavy atom. The normalized spacial score (nSPS) is 11.9. The molecular formula is C26H30ClN3O4. The van der Waals surface area contributed by atoms with Crippen molar-refractivity contribution in [3.05, 3.63) is 70.7 Å². The Balaban J connectivity index is 1.78. The lowest BCUT2D eigenvalue weighted by molar-refractivity contribution is -0.137. The van der Waals surface area contributed by atoms with E-state index in [0.717, 1.165) is 29.0 Å². The second kappa shape index (κ2) is 11.2. The van der Waals surface area contributed by atoms with E-state index in [1.165, 1.54) is 4.90 Å². The third-order valence-corrected chi connectivity index (χ3v) is 5.72. The van der Waals surface area contributed by atoms with Crippen molar-refractivity contribution in [3.8, 4) is 11.3 Å². The van der Waals surface area contributed by atoms with E-state index in [0.29, 0.717) is 22.3 Å². The minimum Gasteiger partial charge on any atom is -0.481 e. The number of rotatable bonds is 10. The van der Waals surface area contributed by atoms with E-state index in [-0.39, 0.29) is 24.9 Å². The zero-order chi connectivity index (χ0) is 24.8. The molecule has 0 bridgehead atoms. The maximum absolute atomic E-state index is 12.5. The van der Waals surface area contributed by atoms with Crippen LogP contribution in [0.25, 0.3) is 11.3 Å². The number of carbonyl (C=O) groups is 2. The predicted octanol–water partition coefficient (Wildman–Crippen LogP) is 6.05. The number of aryl methyl sites for hydroxylation is 1. The third-order valence-electron chi connectivity index (χ3n) is 5.51. The second-order valence-corrected chi connectivity index (χ2v) is 9.22. The summed E-state index contributed by atoms with van der Waals surface area (Å²) in [6.07, 6.45) is 4.10. The van der Waals surface area contributed by atoms with Gasteiger partial charge in [-0.2, -0.15) is 0 Å². The molecule has 8 heteroatoms. The van der Waals surface area contributed by atoms with Crippen molar-refractivity contribution in [1.82, 2.24) is 9.88 Å². The molecule has 7 nitrogen and oxygen atoms in total. The van der Waals surface area contributed by atoms with E-state index in [2.05, 4.69) is 24.1 Å². The summed E-state index contributed by atoms with van der Waals surface area (Å²) in [6.45, 7) is 6.44. The molecule has 0 aliphatic rings. The molecule has 2 heterocycles. The number of nitrogens with one attached hydrogen (secondary N) is 1. The molecule has 1 unspecified atom stereocenters. The lowest BCUT2D eigenvalue weighted by Gasteiger charge is -2.22. The van der Waals surface area contributed by atoms with Crippen LogP contribution >= 0.6 is 11.6 Å². The van der Waals surface area contributed by atoms with E-state index >= 15 is 0 Å². The molecule has 2 N–H and O–H groups in total. The van der Waals surface area contributed by atoms with Crippen LogP contribution in [0.3, 0.4) is 0 Å². The van der Waals surface area contributed by atoms with Crippen molar-refractivity contribution in [2.24, 2.45) is 5.92 Å². The molecule has 0 saturated carbocycles. The number of aromatic nitrogens is 1. The highest BCUT2D eigenvalue weighted by Gasteiger charge is 2.21. The molecule has 3 aromatic rings. The first kappa shape index (κ1) is 25.3. The fraction of sp³-hybridized carbons (Fsp3) is 0.346. The van der Waals surface area contributed by atoms with Crippen LogP contribution in [0.5, 0.6) is 0 Å². The minimum atomic E-state index is -0.931. The summed E-state index contributed by atoms with van der Waals surface area (Å²) in [6, 6.07) is 11.1. The number of aliphatic carboxylic acids is 1. The lowest BCUT2D eigenvalue weighted by atomic mass is 9.96. The first-order valence-corrected chi connectivity index (χ1v) is 11.6. The van der Waals surface area contributed by atoms with Gasteiger partial charge in [-0.3, -0.25) is 14.6 Å². The number of hydrogen-bond donors (Lipinski definition) is 2. The van der Waals surface area contributed by atoms with Crippen molar-refractivity contribution >= 4 is 29.2 Å². The Labute approximate surface area is 204 Å². The molecule has 0 spiro atoms. The predicted molar refractivity (Wildman–Crippen MR) is 133 cm³/mol. The highest BCUT2D eigenvalue weighted by molar-refractivity contribution is 6.30. The average Bonchev–Trinajstić information content (AvgIpc) is 3.18. The van der Waals surface area contributed by atoms with E-state index in [4.69, 9.17) is 21.1 Å². The van der Waals surface area contributed by atoms with Crippen LogP contribution in [0, 0.1) is 12.8 Å². The first-order valence-electron chi connectivity index (χ1n) is 11.2. The smallest absolute Gasteiger partial charge is 0.305 e. The Kier molecular flexibility index (Phi) is 8.34. The van der Waals surface area contributed by atoms with Crippen molar-refractivity contribution in [2.75, 3.05) is 18.9 Å². The zero-order valence-electron chi connectivity index (χ0n) is 19.8. The highest BCUT2D eigenvalue weighted by atomic mass is 35.5. The summed E-state index contributed by atoms with van der Waals surface area (Å²) < 4.78 is 6.04. The summed E-state index contributed by atoms with van der Waals surface area (Å²) in [5.41, 5.74) is 3.26. The van der Waals surface area contributed by atoms with Crippen molar-refractivity contribution < 1.29 is 19.1 Å². The van der Waals surface area contributed by atoms with E-state index < -0.39 is 5.97 Å². The molecule has 2 aromatic heterocycles. The molecule has 0 radical (unpaired) electrons. The largest absolute Gasteiger partial charge is 0.481 e. The van der Waals surface area contributed by atoms with Gasteiger partial charge in [0.15, 0.2) is 0 Å². The van der Waals surface area contributed by atoms with Gasteiger partial charge in [0.05, 0.1) is 17.5 Å². The zero-order valence-corrected chi connectivity index (χ0v) is 20.6. The summed E-state index contributed by atoms with van der Waals surface area (Å²) in [4.78, 5) is 28.9. The van der Waals surface area contributed by atoms with Gasteiger partial charge in [-0.1, -0.05) is 25.4 Å². The second-order valence-electron chi connectivity index (χ2n) is 8.79. The number of benzene rings is 1. The number of nitrogens with zero attached hydrogens (tertiary/aromatic N) is 2. The quantitative estimate of drug-likeness (QED) is 0.364. The van der Waals surface area contributed by atoms with Gasteiger partial charge in [-0.05, 0) is 55.7 Å². The van der Waals surface area contributed by atoms with Crippen LogP contribution in [0.1, 0.15) is 54.4 Å². The van der Waals surface area contributed by atoms with Crippen LogP contribution in [0.4, 0.5) is 5.69 Å². The van der Waals surface area contributed by atoms with Crippen LogP contribution in [0.2, 0.25) is 5.02 Å². The molecule has 34 heavy (non-hydrogen) atoms. The number of carbonyl (C=O) groups excluding carboxylic acids is 1. The Bertz CT molecular complexity index is 1140. The number of carboxylic acids is 1. The van der Waals surface area contributed by atoms with Crippen LogP contribution in [-0.4, -0.2) is 40.5 Å². The van der Waals surface area contributed by atoms with Crippen molar-refractivity contribution in [2.45, 2.75) is 39.7 Å². The number of amides is 1. The van der Waals surface area contributed by atoms with E-state index in [1.807, 2.05) is 31.2 Å². The molecule has 180 valence electrons. The summed E-state index contributed by atoms with van der Waals surface area (Å²) >= 11 is 6.10. The molecule has 1 aromatic carbocycles. The molecule has 0 aliphatic heterocycles. The number of pyridine rings is 1. The fourth-order valence-corrected chi connectivity index (χ4v) is 3.94. The van der Waals surface area contributed by atoms with Crippen molar-refractivity contribution in [1.29, 1.82) is 0 Å². The Morgan fingerprint density at radius 2 is 1.88 bits per heavy atom. The minimum absolute atomic E-state index is 0.00411. The number of anilines is 1. The lowest BCUT2D eigenvalue weighted by Crippen LogP contribution is -2.29. The molecule has 0 saturated heterocycles. The van der Waals surface area contributed by atoms with Gasteiger partial charge >= 0.3 is 5.97 Å². The van der Waals surface area contributed by atoms with Gasteiger partial charge in [-0.15, -0.1) is 0 Å². The first-order chi connectivity index (χ1) is 16.1. The molecular weight excluding hydrogens is 454 g/mol. The summed E-state index contributed by atoms with van der Waals surface area (Å²) in [7, 11) is 1.60. The van der Waals surface area contributed by atoms with E-state index in [1.54, 1.807) is 31.6 Å². The van der Waals surface area contributed by atoms with E-state index in [9.17, 15) is 9.59 Å². The number of carboxylic acid groups (broad SMARTS) is 1. The molecule has 0 fully saturated rings. The van der Waals surface area contributed by atoms with Crippen LogP contribution in [-0.2, 0) is 4.79 Å². The van der Waals surface area contributed by atoms with Gasteiger partial charge in [-0.25, -0.2) is 0 Å². The van der Waals surface area contributed by atoms with Gasteiger partial charge in [0, 0.05) is 48.4 Å². The third kappa shape index (κ3) is 6.60. The SMILES string of the molecule is Cc1oc(-c2cncc(Cl)c2)cc1C(CC(C)C)Nc1ccc(C(=O)N(C)CCC(=O)O)cc1. The maximum atomic E-state index is 12.5. The topological polar surface area (TPSA) is 95.7 Å². The van der Waals surface area contributed by atoms with Crippen LogP contribution in [0.15, 0.2) is 53.2 Å².